The molecule has 0 aromatic heterocycles. The molecule has 3 rings (SSSR count). The SMILES string of the molecule is NC(c1ccc(Br)c(F)c1)c1ccc(Br)c2ccccc12. The second-order valence-corrected chi connectivity index (χ2v) is 6.54. The molecule has 0 aliphatic heterocycles. The van der Waals surface area contributed by atoms with Crippen LogP contribution in [0.5, 0.6) is 0 Å². The first-order valence-electron chi connectivity index (χ1n) is 6.45. The molecule has 0 amide bonds. The summed E-state index contributed by atoms with van der Waals surface area (Å²) >= 11 is 6.71. The Hall–Kier alpha value is -1.23. The number of fused-ring (bicyclic) bond motifs is 1. The predicted molar refractivity (Wildman–Crippen MR) is 91.8 cm³/mol. The van der Waals surface area contributed by atoms with Gasteiger partial charge in [-0.3, -0.25) is 0 Å². The lowest BCUT2D eigenvalue weighted by molar-refractivity contribution is 0.617. The minimum atomic E-state index is -0.370. The largest absolute Gasteiger partial charge is 0.320 e. The standard InChI is InChI=1S/C17H12Br2FN/c18-14-8-6-13(11-3-1-2-4-12(11)14)17(21)10-5-7-15(19)16(20)9-10/h1-9,17H,21H2. The van der Waals surface area contributed by atoms with E-state index in [2.05, 4.69) is 31.9 Å². The van der Waals surface area contributed by atoms with Crippen molar-refractivity contribution >= 4 is 42.6 Å². The van der Waals surface area contributed by atoms with E-state index in [1.54, 1.807) is 6.07 Å². The molecule has 0 heterocycles. The monoisotopic (exact) mass is 407 g/mol. The normalized spacial score (nSPS) is 12.6. The Bertz CT molecular complexity index is 817. The molecule has 1 nitrogen and oxygen atoms in total. The molecule has 0 radical (unpaired) electrons. The zero-order valence-corrected chi connectivity index (χ0v) is 14.2. The predicted octanol–water partition coefficient (Wildman–Crippen LogP) is 5.55. The lowest BCUT2D eigenvalue weighted by atomic mass is 9.94. The first kappa shape index (κ1) is 14.7. The fourth-order valence-electron chi connectivity index (χ4n) is 2.44. The molecule has 0 aliphatic carbocycles. The van der Waals surface area contributed by atoms with Crippen LogP contribution >= 0.6 is 31.9 Å². The number of hydrogen-bond donors (Lipinski definition) is 1. The fourth-order valence-corrected chi connectivity index (χ4v) is 3.17. The van der Waals surface area contributed by atoms with Crippen LogP contribution in [0.15, 0.2) is 63.5 Å². The topological polar surface area (TPSA) is 26.0 Å². The van der Waals surface area contributed by atoms with Gasteiger partial charge in [0.15, 0.2) is 0 Å². The van der Waals surface area contributed by atoms with Gasteiger partial charge in [-0.15, -0.1) is 0 Å². The quantitative estimate of drug-likeness (QED) is 0.590. The molecule has 4 heteroatoms. The number of halogens is 3. The molecular weight excluding hydrogens is 397 g/mol. The molecule has 1 atom stereocenters. The van der Waals surface area contributed by atoms with Gasteiger partial charge in [0.25, 0.3) is 0 Å². The van der Waals surface area contributed by atoms with E-state index in [0.717, 1.165) is 26.4 Å². The Morgan fingerprint density at radius 2 is 1.52 bits per heavy atom. The molecule has 3 aromatic carbocycles. The Morgan fingerprint density at radius 1 is 0.857 bits per heavy atom. The van der Waals surface area contributed by atoms with Crippen molar-refractivity contribution in [1.82, 2.24) is 0 Å². The van der Waals surface area contributed by atoms with Crippen molar-refractivity contribution in [2.24, 2.45) is 5.73 Å². The maximum atomic E-state index is 13.7. The van der Waals surface area contributed by atoms with E-state index in [1.165, 1.54) is 6.07 Å². The van der Waals surface area contributed by atoms with Gasteiger partial charge in [0.2, 0.25) is 0 Å². The fraction of sp³-hybridized carbons (Fsp3) is 0.0588. The molecule has 21 heavy (non-hydrogen) atoms. The Morgan fingerprint density at radius 3 is 2.24 bits per heavy atom. The molecule has 0 saturated heterocycles. The highest BCUT2D eigenvalue weighted by atomic mass is 79.9. The van der Waals surface area contributed by atoms with E-state index in [9.17, 15) is 4.39 Å². The van der Waals surface area contributed by atoms with E-state index < -0.39 is 0 Å². The summed E-state index contributed by atoms with van der Waals surface area (Å²) in [6, 6.07) is 16.6. The van der Waals surface area contributed by atoms with Gasteiger partial charge in [0.1, 0.15) is 5.82 Å². The van der Waals surface area contributed by atoms with Crippen LogP contribution < -0.4 is 5.73 Å². The van der Waals surface area contributed by atoms with Crippen molar-refractivity contribution in [3.8, 4) is 0 Å². The van der Waals surface area contributed by atoms with E-state index >= 15 is 0 Å². The van der Waals surface area contributed by atoms with Crippen LogP contribution in [0.2, 0.25) is 0 Å². The number of nitrogens with two attached hydrogens (primary N) is 1. The third-order valence-electron chi connectivity index (χ3n) is 3.54. The first-order valence-corrected chi connectivity index (χ1v) is 8.04. The Balaban J connectivity index is 2.15. The maximum Gasteiger partial charge on any atom is 0.137 e. The molecule has 2 N–H and O–H groups in total. The minimum Gasteiger partial charge on any atom is -0.320 e. The average molecular weight is 409 g/mol. The first-order chi connectivity index (χ1) is 10.1. The van der Waals surface area contributed by atoms with Gasteiger partial charge >= 0.3 is 0 Å². The van der Waals surface area contributed by atoms with Crippen molar-refractivity contribution < 1.29 is 4.39 Å². The zero-order chi connectivity index (χ0) is 15.0. The van der Waals surface area contributed by atoms with Crippen molar-refractivity contribution in [3.63, 3.8) is 0 Å². The summed E-state index contributed by atoms with van der Waals surface area (Å²) in [4.78, 5) is 0. The summed E-state index contributed by atoms with van der Waals surface area (Å²) in [5, 5.41) is 2.17. The van der Waals surface area contributed by atoms with Crippen molar-refractivity contribution in [2.45, 2.75) is 6.04 Å². The van der Waals surface area contributed by atoms with Crippen LogP contribution in [0, 0.1) is 5.82 Å². The van der Waals surface area contributed by atoms with Gasteiger partial charge in [0.05, 0.1) is 10.5 Å². The molecule has 3 aromatic rings. The van der Waals surface area contributed by atoms with Crippen LogP contribution in [0.3, 0.4) is 0 Å². The maximum absolute atomic E-state index is 13.7. The Kier molecular flexibility index (Phi) is 4.11. The number of rotatable bonds is 2. The summed E-state index contributed by atoms with van der Waals surface area (Å²) in [7, 11) is 0. The molecule has 0 saturated carbocycles. The van der Waals surface area contributed by atoms with Gasteiger partial charge in [-0.05, 0) is 56.0 Å². The van der Waals surface area contributed by atoms with Crippen LogP contribution in [0.1, 0.15) is 17.2 Å². The third-order valence-corrected chi connectivity index (χ3v) is 4.88. The molecule has 1 unspecified atom stereocenters. The summed E-state index contributed by atoms with van der Waals surface area (Å²) in [6.45, 7) is 0. The highest BCUT2D eigenvalue weighted by Crippen LogP contribution is 2.32. The highest BCUT2D eigenvalue weighted by Gasteiger charge is 2.14. The smallest absolute Gasteiger partial charge is 0.137 e. The molecule has 0 fully saturated rings. The lowest BCUT2D eigenvalue weighted by Gasteiger charge is -2.16. The number of hydrogen-bond acceptors (Lipinski definition) is 1. The molecule has 0 spiro atoms. The van der Waals surface area contributed by atoms with Gasteiger partial charge in [0, 0.05) is 4.47 Å². The van der Waals surface area contributed by atoms with E-state index in [0.29, 0.717) is 4.47 Å². The van der Waals surface area contributed by atoms with Gasteiger partial charge in [-0.2, -0.15) is 0 Å². The Labute approximate surface area is 139 Å². The van der Waals surface area contributed by atoms with E-state index in [4.69, 9.17) is 5.73 Å². The third kappa shape index (κ3) is 2.76. The molecule has 0 bridgehead atoms. The van der Waals surface area contributed by atoms with Crippen LogP contribution in [-0.4, -0.2) is 0 Å². The van der Waals surface area contributed by atoms with Crippen LogP contribution in [0.25, 0.3) is 10.8 Å². The molecular formula is C17H12Br2FN. The second-order valence-electron chi connectivity index (χ2n) is 4.83. The van der Waals surface area contributed by atoms with E-state index in [1.807, 2.05) is 42.5 Å². The summed E-state index contributed by atoms with van der Waals surface area (Å²) < 4.78 is 15.2. The summed E-state index contributed by atoms with van der Waals surface area (Å²) in [6.07, 6.45) is 0. The molecule has 0 aliphatic rings. The molecule has 106 valence electrons. The number of benzene rings is 3. The van der Waals surface area contributed by atoms with Crippen molar-refractivity contribution in [1.29, 1.82) is 0 Å². The zero-order valence-electron chi connectivity index (χ0n) is 11.0. The van der Waals surface area contributed by atoms with Gasteiger partial charge in [-0.1, -0.05) is 52.3 Å². The summed E-state index contributed by atoms with van der Waals surface area (Å²) in [5.41, 5.74) is 8.09. The highest BCUT2D eigenvalue weighted by molar-refractivity contribution is 9.11. The lowest BCUT2D eigenvalue weighted by Crippen LogP contribution is -2.12. The van der Waals surface area contributed by atoms with Crippen molar-refractivity contribution in [3.05, 3.63) is 80.5 Å². The average Bonchev–Trinajstić information content (AvgIpc) is 2.50. The van der Waals surface area contributed by atoms with Gasteiger partial charge < -0.3 is 5.73 Å². The minimum absolute atomic E-state index is 0.302. The van der Waals surface area contributed by atoms with E-state index in [-0.39, 0.29) is 11.9 Å². The van der Waals surface area contributed by atoms with Crippen LogP contribution in [-0.2, 0) is 0 Å². The second kappa shape index (κ2) is 5.87. The summed E-state index contributed by atoms with van der Waals surface area (Å²) in [5.74, 6) is -0.302. The van der Waals surface area contributed by atoms with Gasteiger partial charge in [-0.25, -0.2) is 4.39 Å². The van der Waals surface area contributed by atoms with Crippen molar-refractivity contribution in [2.75, 3.05) is 0 Å². The van der Waals surface area contributed by atoms with Crippen LogP contribution in [0.4, 0.5) is 4.39 Å².